The molecule has 0 N–H and O–H groups in total. The molecule has 0 unspecified atom stereocenters. The number of likely N-dealkylation sites (tertiary alicyclic amines) is 1. The first-order valence-electron chi connectivity index (χ1n) is 7.92. The molecule has 20 heavy (non-hydrogen) atoms. The maximum absolute atomic E-state index is 5.78. The van der Waals surface area contributed by atoms with Gasteiger partial charge in [-0.15, -0.1) is 0 Å². The van der Waals surface area contributed by atoms with Gasteiger partial charge in [0.25, 0.3) is 0 Å². The second-order valence-electron chi connectivity index (χ2n) is 5.90. The van der Waals surface area contributed by atoms with Gasteiger partial charge in [-0.05, 0) is 44.0 Å². The maximum atomic E-state index is 5.78. The summed E-state index contributed by atoms with van der Waals surface area (Å²) in [7, 11) is 0. The average molecular weight is 272 g/mol. The van der Waals surface area contributed by atoms with Crippen molar-refractivity contribution in [2.24, 2.45) is 5.92 Å². The predicted octanol–water partition coefficient (Wildman–Crippen LogP) is 3.88. The lowest BCUT2D eigenvalue weighted by Crippen LogP contribution is -2.35. The van der Waals surface area contributed by atoms with Crippen molar-refractivity contribution >= 4 is 11.1 Å². The van der Waals surface area contributed by atoms with Gasteiger partial charge in [-0.3, -0.25) is 0 Å². The second kappa shape index (κ2) is 6.40. The van der Waals surface area contributed by atoms with Gasteiger partial charge >= 0.3 is 0 Å². The Bertz CT molecular complexity index is 508. The van der Waals surface area contributed by atoms with Crippen LogP contribution in [0.1, 0.15) is 38.5 Å². The van der Waals surface area contributed by atoms with Crippen molar-refractivity contribution in [1.29, 1.82) is 0 Å². The zero-order chi connectivity index (χ0) is 13.8. The molecule has 0 aliphatic carbocycles. The monoisotopic (exact) mass is 272 g/mol. The van der Waals surface area contributed by atoms with Crippen LogP contribution < -0.4 is 0 Å². The van der Waals surface area contributed by atoms with E-state index in [-0.39, 0.29) is 0 Å². The number of rotatable bonds is 5. The SMILES string of the molecule is CCCC1CCN(CCc2nc3ccccc3o2)CC1. The highest BCUT2D eigenvalue weighted by molar-refractivity contribution is 5.72. The van der Waals surface area contributed by atoms with Crippen molar-refractivity contribution in [3.63, 3.8) is 0 Å². The van der Waals surface area contributed by atoms with E-state index in [1.807, 2.05) is 24.3 Å². The Balaban J connectivity index is 1.50. The lowest BCUT2D eigenvalue weighted by atomic mass is 9.92. The van der Waals surface area contributed by atoms with Gasteiger partial charge in [0.15, 0.2) is 11.5 Å². The van der Waals surface area contributed by atoms with Crippen LogP contribution in [0.3, 0.4) is 0 Å². The summed E-state index contributed by atoms with van der Waals surface area (Å²) in [6.07, 6.45) is 6.38. The van der Waals surface area contributed by atoms with Crippen LogP contribution in [0.5, 0.6) is 0 Å². The topological polar surface area (TPSA) is 29.3 Å². The Labute approximate surface area is 121 Å². The predicted molar refractivity (Wildman–Crippen MR) is 81.8 cm³/mol. The smallest absolute Gasteiger partial charge is 0.196 e. The molecule has 1 aliphatic heterocycles. The molecule has 3 heteroatoms. The minimum atomic E-state index is 0.877. The molecule has 0 saturated carbocycles. The summed E-state index contributed by atoms with van der Waals surface area (Å²) in [5.74, 6) is 1.84. The van der Waals surface area contributed by atoms with Crippen LogP contribution in [0.4, 0.5) is 0 Å². The summed E-state index contributed by atoms with van der Waals surface area (Å²) in [6.45, 7) is 5.85. The van der Waals surface area contributed by atoms with E-state index in [1.54, 1.807) is 0 Å². The van der Waals surface area contributed by atoms with E-state index in [1.165, 1.54) is 38.8 Å². The number of fused-ring (bicyclic) bond motifs is 1. The lowest BCUT2D eigenvalue weighted by molar-refractivity contribution is 0.177. The molecule has 3 rings (SSSR count). The van der Waals surface area contributed by atoms with E-state index >= 15 is 0 Å². The number of oxazole rings is 1. The van der Waals surface area contributed by atoms with Crippen molar-refractivity contribution in [3.8, 4) is 0 Å². The van der Waals surface area contributed by atoms with Crippen molar-refractivity contribution in [2.75, 3.05) is 19.6 Å². The van der Waals surface area contributed by atoms with Gasteiger partial charge < -0.3 is 9.32 Å². The van der Waals surface area contributed by atoms with Crippen LogP contribution in [0.15, 0.2) is 28.7 Å². The van der Waals surface area contributed by atoms with Gasteiger partial charge in [0, 0.05) is 13.0 Å². The summed E-state index contributed by atoms with van der Waals surface area (Å²) in [6, 6.07) is 8.00. The van der Waals surface area contributed by atoms with Crippen LogP contribution in [0.25, 0.3) is 11.1 Å². The Hall–Kier alpha value is -1.35. The first-order valence-corrected chi connectivity index (χ1v) is 7.92. The maximum Gasteiger partial charge on any atom is 0.196 e. The van der Waals surface area contributed by atoms with Crippen LogP contribution in [0, 0.1) is 5.92 Å². The first kappa shape index (κ1) is 13.6. The summed E-state index contributed by atoms with van der Waals surface area (Å²) < 4.78 is 5.78. The molecule has 2 aromatic rings. The largest absolute Gasteiger partial charge is 0.441 e. The minimum absolute atomic E-state index is 0.877. The summed E-state index contributed by atoms with van der Waals surface area (Å²) in [5.41, 5.74) is 1.88. The summed E-state index contributed by atoms with van der Waals surface area (Å²) in [5, 5.41) is 0. The molecule has 0 spiro atoms. The van der Waals surface area contributed by atoms with Crippen LogP contribution in [-0.4, -0.2) is 29.5 Å². The van der Waals surface area contributed by atoms with Crippen LogP contribution in [-0.2, 0) is 6.42 Å². The Morgan fingerprint density at radius 1 is 1.25 bits per heavy atom. The molecule has 0 atom stereocenters. The third-order valence-electron chi connectivity index (χ3n) is 4.38. The zero-order valence-corrected chi connectivity index (χ0v) is 12.3. The molecule has 1 saturated heterocycles. The summed E-state index contributed by atoms with van der Waals surface area (Å²) in [4.78, 5) is 7.10. The van der Waals surface area contributed by atoms with Gasteiger partial charge in [0.05, 0.1) is 0 Å². The van der Waals surface area contributed by atoms with Crippen molar-refractivity contribution in [3.05, 3.63) is 30.2 Å². The second-order valence-corrected chi connectivity index (χ2v) is 5.90. The van der Waals surface area contributed by atoms with E-state index in [4.69, 9.17) is 4.42 Å². The van der Waals surface area contributed by atoms with Crippen molar-refractivity contribution in [2.45, 2.75) is 39.0 Å². The molecule has 1 aromatic heterocycles. The standard InChI is InChI=1S/C17H24N2O/c1-2-5-14-8-11-19(12-9-14)13-10-17-18-15-6-3-4-7-16(15)20-17/h3-4,6-7,14H,2,5,8-13H2,1H3. The molecule has 1 aliphatic rings. The van der Waals surface area contributed by atoms with E-state index in [0.29, 0.717) is 0 Å². The van der Waals surface area contributed by atoms with E-state index < -0.39 is 0 Å². The average Bonchev–Trinajstić information content (AvgIpc) is 2.90. The molecule has 3 nitrogen and oxygen atoms in total. The van der Waals surface area contributed by atoms with Gasteiger partial charge in [-0.1, -0.05) is 31.9 Å². The molecule has 1 aromatic carbocycles. The number of hydrogen-bond donors (Lipinski definition) is 0. The Morgan fingerprint density at radius 2 is 2.05 bits per heavy atom. The Kier molecular flexibility index (Phi) is 4.36. The zero-order valence-electron chi connectivity index (χ0n) is 12.3. The fraction of sp³-hybridized carbons (Fsp3) is 0.588. The van der Waals surface area contributed by atoms with Crippen molar-refractivity contribution in [1.82, 2.24) is 9.88 Å². The third-order valence-corrected chi connectivity index (χ3v) is 4.38. The quantitative estimate of drug-likeness (QED) is 0.827. The van der Waals surface area contributed by atoms with Crippen LogP contribution in [0.2, 0.25) is 0 Å². The number of hydrogen-bond acceptors (Lipinski definition) is 3. The van der Waals surface area contributed by atoms with Crippen LogP contribution >= 0.6 is 0 Å². The molecular formula is C17H24N2O. The summed E-state index contributed by atoms with van der Waals surface area (Å²) >= 11 is 0. The Morgan fingerprint density at radius 3 is 2.80 bits per heavy atom. The minimum Gasteiger partial charge on any atom is -0.441 e. The number of piperidine rings is 1. The van der Waals surface area contributed by atoms with E-state index in [9.17, 15) is 0 Å². The fourth-order valence-electron chi connectivity index (χ4n) is 3.19. The molecular weight excluding hydrogens is 248 g/mol. The molecule has 0 amide bonds. The highest BCUT2D eigenvalue weighted by Gasteiger charge is 2.18. The molecule has 108 valence electrons. The van der Waals surface area contributed by atoms with Gasteiger partial charge in [-0.25, -0.2) is 4.98 Å². The molecule has 2 heterocycles. The fourth-order valence-corrected chi connectivity index (χ4v) is 3.19. The highest BCUT2D eigenvalue weighted by Crippen LogP contribution is 2.22. The van der Waals surface area contributed by atoms with E-state index in [2.05, 4.69) is 16.8 Å². The third kappa shape index (κ3) is 3.21. The molecule has 1 fully saturated rings. The van der Waals surface area contributed by atoms with Gasteiger partial charge in [-0.2, -0.15) is 0 Å². The van der Waals surface area contributed by atoms with Crippen molar-refractivity contribution < 1.29 is 4.42 Å². The number of aromatic nitrogens is 1. The lowest BCUT2D eigenvalue weighted by Gasteiger charge is -2.31. The number of para-hydroxylation sites is 2. The van der Waals surface area contributed by atoms with E-state index in [0.717, 1.165) is 35.9 Å². The van der Waals surface area contributed by atoms with Gasteiger partial charge in [0.1, 0.15) is 5.52 Å². The number of benzene rings is 1. The first-order chi connectivity index (χ1) is 9.85. The number of nitrogens with zero attached hydrogens (tertiary/aromatic N) is 2. The molecule has 0 bridgehead atoms. The highest BCUT2D eigenvalue weighted by atomic mass is 16.3. The normalized spacial score (nSPS) is 17.9. The molecule has 0 radical (unpaired) electrons. The van der Waals surface area contributed by atoms with Gasteiger partial charge in [0.2, 0.25) is 0 Å².